The molecule has 2 aromatic heterocycles. The fraction of sp³-hybridized carbons (Fsp3) is 0.200. The topological polar surface area (TPSA) is 78.0 Å². The van der Waals surface area contributed by atoms with Gasteiger partial charge in [-0.05, 0) is 24.3 Å². The zero-order valence-electron chi connectivity index (χ0n) is 11.7. The van der Waals surface area contributed by atoms with Gasteiger partial charge in [-0.15, -0.1) is 0 Å². The molecule has 6 nitrogen and oxygen atoms in total. The van der Waals surface area contributed by atoms with Crippen molar-refractivity contribution in [2.75, 3.05) is 7.11 Å². The fourth-order valence-corrected chi connectivity index (χ4v) is 2.41. The minimum Gasteiger partial charge on any atom is -0.495 e. The molecule has 0 bridgehead atoms. The monoisotopic (exact) mass is 283 g/mol. The second kappa shape index (κ2) is 5.90. The lowest BCUT2D eigenvalue weighted by Crippen LogP contribution is -2.32. The van der Waals surface area contributed by atoms with E-state index >= 15 is 0 Å². The molecule has 1 aromatic carbocycles. The summed E-state index contributed by atoms with van der Waals surface area (Å²) in [7, 11) is 1.63. The molecule has 6 heteroatoms. The van der Waals surface area contributed by atoms with E-state index in [1.165, 1.54) is 0 Å². The minimum atomic E-state index is -0.168. The summed E-state index contributed by atoms with van der Waals surface area (Å²) in [5.74, 6) is 6.42. The quantitative estimate of drug-likeness (QED) is 0.550. The Kier molecular flexibility index (Phi) is 3.81. The maximum atomic E-state index is 5.71. The summed E-state index contributed by atoms with van der Waals surface area (Å²) >= 11 is 0. The number of fused-ring (bicyclic) bond motifs is 1. The van der Waals surface area contributed by atoms with Gasteiger partial charge in [0.25, 0.3) is 0 Å². The Morgan fingerprint density at radius 1 is 1.24 bits per heavy atom. The number of hydrogen-bond donors (Lipinski definition) is 2. The largest absolute Gasteiger partial charge is 0.495 e. The van der Waals surface area contributed by atoms with E-state index in [1.807, 2.05) is 47.3 Å². The summed E-state index contributed by atoms with van der Waals surface area (Å²) < 4.78 is 7.40. The highest BCUT2D eigenvalue weighted by atomic mass is 16.5. The van der Waals surface area contributed by atoms with E-state index in [9.17, 15) is 0 Å². The summed E-state index contributed by atoms with van der Waals surface area (Å²) in [6, 6.07) is 11.5. The van der Waals surface area contributed by atoms with E-state index in [0.717, 1.165) is 16.7 Å². The fourth-order valence-electron chi connectivity index (χ4n) is 2.41. The van der Waals surface area contributed by atoms with Crippen molar-refractivity contribution < 1.29 is 4.74 Å². The second-order valence-corrected chi connectivity index (χ2v) is 4.70. The molecule has 0 fully saturated rings. The van der Waals surface area contributed by atoms with Crippen molar-refractivity contribution in [2.24, 2.45) is 5.84 Å². The second-order valence-electron chi connectivity index (χ2n) is 4.70. The molecule has 3 N–H and O–H groups in total. The van der Waals surface area contributed by atoms with Crippen molar-refractivity contribution >= 4 is 11.0 Å². The number of aromatic nitrogens is 3. The van der Waals surface area contributed by atoms with Gasteiger partial charge in [-0.3, -0.25) is 10.8 Å². The highest BCUT2D eigenvalue weighted by Crippen LogP contribution is 2.24. The highest BCUT2D eigenvalue weighted by Gasteiger charge is 2.17. The van der Waals surface area contributed by atoms with E-state index in [1.54, 1.807) is 13.3 Å². The lowest BCUT2D eigenvalue weighted by molar-refractivity contribution is 0.385. The number of pyridine rings is 1. The van der Waals surface area contributed by atoms with E-state index in [-0.39, 0.29) is 6.04 Å². The van der Waals surface area contributed by atoms with Crippen LogP contribution >= 0.6 is 0 Å². The van der Waals surface area contributed by atoms with E-state index < -0.39 is 0 Å². The minimum absolute atomic E-state index is 0.168. The Morgan fingerprint density at radius 2 is 2.10 bits per heavy atom. The van der Waals surface area contributed by atoms with Crippen LogP contribution in [0.5, 0.6) is 5.75 Å². The number of ether oxygens (including phenoxy) is 1. The zero-order chi connectivity index (χ0) is 14.7. The maximum absolute atomic E-state index is 5.71. The molecule has 0 saturated heterocycles. The highest BCUT2D eigenvalue weighted by molar-refractivity contribution is 5.74. The van der Waals surface area contributed by atoms with Gasteiger partial charge in [0.15, 0.2) is 0 Å². The Hall–Kier alpha value is -2.44. The van der Waals surface area contributed by atoms with Gasteiger partial charge in [0.05, 0.1) is 30.5 Å². The van der Waals surface area contributed by atoms with Gasteiger partial charge in [0.1, 0.15) is 11.4 Å². The van der Waals surface area contributed by atoms with Crippen molar-refractivity contribution in [3.63, 3.8) is 0 Å². The summed E-state index contributed by atoms with van der Waals surface area (Å²) in [5.41, 5.74) is 5.61. The van der Waals surface area contributed by atoms with Gasteiger partial charge >= 0.3 is 0 Å². The van der Waals surface area contributed by atoms with Crippen LogP contribution < -0.4 is 16.0 Å². The molecule has 0 amide bonds. The molecule has 0 spiro atoms. The zero-order valence-corrected chi connectivity index (χ0v) is 11.7. The Bertz CT molecular complexity index is 740. The number of benzene rings is 1. The number of para-hydroxylation sites is 2. The molecule has 0 saturated carbocycles. The van der Waals surface area contributed by atoms with Gasteiger partial charge in [0.2, 0.25) is 0 Å². The number of methoxy groups -OCH3 is 1. The lowest BCUT2D eigenvalue weighted by atomic mass is 10.1. The number of imidazole rings is 1. The van der Waals surface area contributed by atoms with Gasteiger partial charge in [-0.2, -0.15) is 0 Å². The molecule has 0 aliphatic carbocycles. The van der Waals surface area contributed by atoms with Crippen LogP contribution in [0.2, 0.25) is 0 Å². The summed E-state index contributed by atoms with van der Waals surface area (Å²) in [5, 5.41) is 0. The van der Waals surface area contributed by atoms with E-state index in [4.69, 9.17) is 10.6 Å². The number of nitrogens with two attached hydrogens (primary N) is 1. The average Bonchev–Trinajstić information content (AvgIpc) is 2.95. The predicted molar refractivity (Wildman–Crippen MR) is 80.6 cm³/mol. The number of hydrazine groups is 1. The van der Waals surface area contributed by atoms with Crippen LogP contribution in [-0.2, 0) is 6.54 Å². The molecule has 108 valence electrons. The third-order valence-electron chi connectivity index (χ3n) is 3.46. The van der Waals surface area contributed by atoms with Crippen molar-refractivity contribution in [1.29, 1.82) is 0 Å². The van der Waals surface area contributed by atoms with Crippen molar-refractivity contribution in [2.45, 2.75) is 12.6 Å². The summed E-state index contributed by atoms with van der Waals surface area (Å²) in [4.78, 5) is 8.77. The lowest BCUT2D eigenvalue weighted by Gasteiger charge is -2.18. The molecule has 3 aromatic rings. The number of hydrogen-bond acceptors (Lipinski definition) is 5. The normalized spacial score (nSPS) is 12.5. The average molecular weight is 283 g/mol. The van der Waals surface area contributed by atoms with Crippen LogP contribution in [0.1, 0.15) is 11.7 Å². The maximum Gasteiger partial charge on any atom is 0.142 e. The standard InChI is InChI=1S/C15H17N5O/c1-21-14-7-4-8-17-15(14)12(19-16)9-20-10-18-11-5-2-3-6-13(11)20/h2-8,10,12,19H,9,16H2,1H3. The van der Waals surface area contributed by atoms with E-state index in [0.29, 0.717) is 12.3 Å². The molecular formula is C15H17N5O. The van der Waals surface area contributed by atoms with Crippen LogP contribution in [0.4, 0.5) is 0 Å². The first-order chi connectivity index (χ1) is 10.3. The Labute approximate surface area is 122 Å². The predicted octanol–water partition coefficient (Wildman–Crippen LogP) is 1.64. The first kappa shape index (κ1) is 13.5. The first-order valence-electron chi connectivity index (χ1n) is 6.68. The summed E-state index contributed by atoms with van der Waals surface area (Å²) in [6.07, 6.45) is 3.54. The molecule has 2 heterocycles. The van der Waals surface area contributed by atoms with Gasteiger partial charge in [-0.25, -0.2) is 10.4 Å². The number of nitrogens with zero attached hydrogens (tertiary/aromatic N) is 3. The Morgan fingerprint density at radius 3 is 2.90 bits per heavy atom. The molecular weight excluding hydrogens is 266 g/mol. The first-order valence-corrected chi connectivity index (χ1v) is 6.68. The molecule has 0 radical (unpaired) electrons. The van der Waals surface area contributed by atoms with Gasteiger partial charge in [-0.1, -0.05) is 12.1 Å². The Balaban J connectivity index is 1.94. The SMILES string of the molecule is COc1cccnc1C(Cn1cnc2ccccc21)NN. The third-order valence-corrected chi connectivity index (χ3v) is 3.46. The van der Waals surface area contributed by atoms with Gasteiger partial charge in [0, 0.05) is 12.7 Å². The molecule has 1 atom stereocenters. The third kappa shape index (κ3) is 2.58. The molecule has 1 unspecified atom stereocenters. The number of nitrogens with one attached hydrogen (secondary N) is 1. The van der Waals surface area contributed by atoms with Crippen molar-refractivity contribution in [1.82, 2.24) is 20.0 Å². The van der Waals surface area contributed by atoms with Crippen LogP contribution in [0.25, 0.3) is 11.0 Å². The van der Waals surface area contributed by atoms with Gasteiger partial charge < -0.3 is 9.30 Å². The molecule has 0 aliphatic rings. The number of rotatable bonds is 5. The van der Waals surface area contributed by atoms with E-state index in [2.05, 4.69) is 15.4 Å². The van der Waals surface area contributed by atoms with Crippen molar-refractivity contribution in [3.05, 3.63) is 54.6 Å². The molecule has 0 aliphatic heterocycles. The van der Waals surface area contributed by atoms with Crippen LogP contribution in [-0.4, -0.2) is 21.6 Å². The summed E-state index contributed by atoms with van der Waals surface area (Å²) in [6.45, 7) is 0.615. The smallest absolute Gasteiger partial charge is 0.142 e. The van der Waals surface area contributed by atoms with Crippen LogP contribution in [0.3, 0.4) is 0 Å². The molecule has 3 rings (SSSR count). The van der Waals surface area contributed by atoms with Crippen molar-refractivity contribution in [3.8, 4) is 5.75 Å². The van der Waals surface area contributed by atoms with Crippen LogP contribution in [0.15, 0.2) is 48.9 Å². The van der Waals surface area contributed by atoms with Crippen LogP contribution in [0, 0.1) is 0 Å². The molecule has 21 heavy (non-hydrogen) atoms.